The summed E-state index contributed by atoms with van der Waals surface area (Å²) in [5.74, 6) is 0. The largest absolute Gasteiger partial charge is 0.308 e. The standard InChI is InChI=1S/C71H42N6/c1-45-18-34-63-58(38-45)59-39-54(48-12-6-3-7-13-48)29-35-64(59)76(63)70-67(51-23-19-46(42-72)20-24-51)62(44-74)68(52-27-32-57(75-2)33-28-52)71(69(70)53-25-21-47(43-73)22-26-53)77-65-36-30-55(49-14-8-4-9-15-49)40-60(65)61-41-56(31-37-66(61)77)50-16-10-5-11-17-50/h3-41H,1H3. The number of hydrogen-bond donors (Lipinski definition) is 0. The molecule has 13 rings (SSSR count). The lowest BCUT2D eigenvalue weighted by Crippen LogP contribution is -2.11. The Bertz CT molecular complexity index is 4580. The third-order valence-corrected chi connectivity index (χ3v) is 14.9. The van der Waals surface area contributed by atoms with Crippen LogP contribution in [0.1, 0.15) is 22.3 Å². The minimum absolute atomic E-state index is 0.410. The summed E-state index contributed by atoms with van der Waals surface area (Å²) in [7, 11) is 0. The first-order valence-corrected chi connectivity index (χ1v) is 25.4. The fourth-order valence-corrected chi connectivity index (χ4v) is 11.3. The lowest BCUT2D eigenvalue weighted by Gasteiger charge is -2.28. The summed E-state index contributed by atoms with van der Waals surface area (Å²) >= 11 is 0. The second-order valence-electron chi connectivity index (χ2n) is 19.3. The van der Waals surface area contributed by atoms with E-state index in [-0.39, 0.29) is 0 Å². The molecule has 0 radical (unpaired) electrons. The average molecular weight is 979 g/mol. The molecule has 13 aromatic rings. The highest BCUT2D eigenvalue weighted by Gasteiger charge is 2.32. The molecule has 0 unspecified atom stereocenters. The molecule has 11 aromatic carbocycles. The zero-order valence-corrected chi connectivity index (χ0v) is 41.7. The second-order valence-corrected chi connectivity index (χ2v) is 19.3. The molecule has 77 heavy (non-hydrogen) atoms. The van der Waals surface area contributed by atoms with Crippen molar-refractivity contribution in [3.63, 3.8) is 0 Å². The summed E-state index contributed by atoms with van der Waals surface area (Å²) in [6.07, 6.45) is 0. The highest BCUT2D eigenvalue weighted by atomic mass is 15.0. The minimum Gasteiger partial charge on any atom is -0.308 e. The molecule has 0 aliphatic heterocycles. The summed E-state index contributed by atoms with van der Waals surface area (Å²) < 4.78 is 4.66. The zero-order valence-electron chi connectivity index (χ0n) is 41.7. The van der Waals surface area contributed by atoms with Crippen LogP contribution in [0.15, 0.2) is 237 Å². The van der Waals surface area contributed by atoms with E-state index in [4.69, 9.17) is 6.57 Å². The van der Waals surface area contributed by atoms with Gasteiger partial charge in [-0.15, -0.1) is 0 Å². The van der Waals surface area contributed by atoms with Gasteiger partial charge >= 0.3 is 0 Å². The van der Waals surface area contributed by atoms with Crippen LogP contribution in [0.2, 0.25) is 0 Å². The SMILES string of the molecule is [C-]#[N+]c1ccc(-c2c(C#N)c(-c3ccc(C#N)cc3)c(-n3c4ccc(C)cc4c4cc(-c5ccccc5)ccc43)c(-c3ccc(C#N)cc3)c2-n2c3ccc(-c4ccccc4)cc3c3cc(-c4ccccc4)ccc32)cc1. The highest BCUT2D eigenvalue weighted by Crippen LogP contribution is 2.53. The molecule has 0 aliphatic rings. The predicted octanol–water partition coefficient (Wildman–Crippen LogP) is 18.4. The number of hydrogen-bond acceptors (Lipinski definition) is 3. The van der Waals surface area contributed by atoms with Gasteiger partial charge in [0.2, 0.25) is 0 Å². The van der Waals surface area contributed by atoms with Crippen LogP contribution in [0.5, 0.6) is 0 Å². The number of aryl methyl sites for hydroxylation is 1. The van der Waals surface area contributed by atoms with Gasteiger partial charge < -0.3 is 9.13 Å². The Kier molecular flexibility index (Phi) is 11.2. The molecule has 2 aromatic heterocycles. The Morgan fingerprint density at radius 1 is 0.338 bits per heavy atom. The molecule has 0 aliphatic carbocycles. The van der Waals surface area contributed by atoms with Gasteiger partial charge in [-0.25, -0.2) is 4.85 Å². The fourth-order valence-electron chi connectivity index (χ4n) is 11.3. The summed E-state index contributed by atoms with van der Waals surface area (Å²) in [6.45, 7) is 10.1. The Morgan fingerprint density at radius 2 is 0.675 bits per heavy atom. The highest BCUT2D eigenvalue weighted by molar-refractivity contribution is 6.16. The zero-order chi connectivity index (χ0) is 52.1. The maximum absolute atomic E-state index is 12.3. The molecule has 0 amide bonds. The summed E-state index contributed by atoms with van der Waals surface area (Å²) in [5.41, 5.74) is 19.1. The Morgan fingerprint density at radius 3 is 1.04 bits per heavy atom. The third-order valence-electron chi connectivity index (χ3n) is 14.9. The summed E-state index contributed by atoms with van der Waals surface area (Å²) in [4.78, 5) is 3.79. The average Bonchev–Trinajstić information content (AvgIpc) is 4.25. The van der Waals surface area contributed by atoms with Gasteiger partial charge in [0.05, 0.1) is 68.8 Å². The number of fused-ring (bicyclic) bond motifs is 6. The Labute approximate surface area is 445 Å². The molecule has 2 heterocycles. The molecule has 0 atom stereocenters. The first kappa shape index (κ1) is 45.8. The van der Waals surface area contributed by atoms with Crippen molar-refractivity contribution in [3.8, 4) is 96.3 Å². The van der Waals surface area contributed by atoms with Crippen LogP contribution in [0.25, 0.3) is 127 Å². The predicted molar refractivity (Wildman–Crippen MR) is 313 cm³/mol. The van der Waals surface area contributed by atoms with E-state index in [1.54, 1.807) is 0 Å². The van der Waals surface area contributed by atoms with Crippen molar-refractivity contribution < 1.29 is 0 Å². The minimum atomic E-state index is 0.410. The van der Waals surface area contributed by atoms with E-state index < -0.39 is 0 Å². The van der Waals surface area contributed by atoms with Gasteiger partial charge in [-0.1, -0.05) is 169 Å². The van der Waals surface area contributed by atoms with Gasteiger partial charge in [0.25, 0.3) is 0 Å². The lowest BCUT2D eigenvalue weighted by molar-refractivity contribution is 1.13. The molecule has 6 nitrogen and oxygen atoms in total. The van der Waals surface area contributed by atoms with E-state index >= 15 is 0 Å². The molecule has 0 saturated carbocycles. The van der Waals surface area contributed by atoms with Crippen LogP contribution in [0, 0.1) is 47.5 Å². The molecule has 0 bridgehead atoms. The van der Waals surface area contributed by atoms with Crippen molar-refractivity contribution in [3.05, 3.63) is 270 Å². The van der Waals surface area contributed by atoms with E-state index in [2.05, 4.69) is 185 Å². The number of nitriles is 3. The van der Waals surface area contributed by atoms with Crippen LogP contribution in [0.3, 0.4) is 0 Å². The normalized spacial score (nSPS) is 11.1. The summed E-state index contributed by atoms with van der Waals surface area (Å²) in [6, 6.07) is 88.0. The van der Waals surface area contributed by atoms with Gasteiger partial charge in [0, 0.05) is 38.2 Å². The first-order valence-electron chi connectivity index (χ1n) is 25.4. The molecule has 0 spiro atoms. The van der Waals surface area contributed by atoms with Gasteiger partial charge in [-0.2, -0.15) is 15.8 Å². The Hall–Kier alpha value is -11.0. The van der Waals surface area contributed by atoms with Crippen molar-refractivity contribution in [1.82, 2.24) is 9.13 Å². The van der Waals surface area contributed by atoms with Crippen molar-refractivity contribution in [2.45, 2.75) is 6.92 Å². The van der Waals surface area contributed by atoms with Gasteiger partial charge in [0.15, 0.2) is 5.69 Å². The smallest absolute Gasteiger partial charge is 0.187 e. The van der Waals surface area contributed by atoms with Crippen molar-refractivity contribution in [2.24, 2.45) is 0 Å². The van der Waals surface area contributed by atoms with E-state index in [0.717, 1.165) is 116 Å². The third kappa shape index (κ3) is 7.70. The van der Waals surface area contributed by atoms with Crippen LogP contribution in [-0.4, -0.2) is 9.13 Å². The monoisotopic (exact) mass is 978 g/mol. The van der Waals surface area contributed by atoms with Gasteiger partial charge in [-0.05, 0) is 130 Å². The van der Waals surface area contributed by atoms with E-state index in [0.29, 0.717) is 33.5 Å². The van der Waals surface area contributed by atoms with Crippen molar-refractivity contribution in [2.75, 3.05) is 0 Å². The number of benzene rings is 11. The van der Waals surface area contributed by atoms with E-state index in [1.165, 1.54) is 0 Å². The molecular weight excluding hydrogens is 937 g/mol. The second kappa shape index (κ2) is 18.8. The van der Waals surface area contributed by atoms with Crippen LogP contribution in [-0.2, 0) is 0 Å². The molecule has 6 heteroatoms. The maximum atomic E-state index is 12.3. The van der Waals surface area contributed by atoms with Crippen LogP contribution >= 0.6 is 0 Å². The van der Waals surface area contributed by atoms with Crippen LogP contribution in [0.4, 0.5) is 5.69 Å². The van der Waals surface area contributed by atoms with Gasteiger partial charge in [-0.3, -0.25) is 0 Å². The molecule has 356 valence electrons. The number of aromatic nitrogens is 2. The first-order chi connectivity index (χ1) is 37.9. The molecular formula is C71H42N6. The number of rotatable bonds is 8. The van der Waals surface area contributed by atoms with Crippen LogP contribution < -0.4 is 0 Å². The van der Waals surface area contributed by atoms with Crippen molar-refractivity contribution >= 4 is 49.3 Å². The molecule has 0 fully saturated rings. The van der Waals surface area contributed by atoms with E-state index in [1.807, 2.05) is 91.0 Å². The Balaban J connectivity index is 1.29. The molecule has 0 saturated heterocycles. The van der Waals surface area contributed by atoms with E-state index in [9.17, 15) is 15.8 Å². The maximum Gasteiger partial charge on any atom is 0.187 e. The molecule has 0 N–H and O–H groups in total. The fraction of sp³-hybridized carbons (Fsp3) is 0.0141. The van der Waals surface area contributed by atoms with Crippen molar-refractivity contribution in [1.29, 1.82) is 15.8 Å². The lowest BCUT2D eigenvalue weighted by atomic mass is 9.83. The summed E-state index contributed by atoms with van der Waals surface area (Å²) in [5, 5.41) is 36.9. The van der Waals surface area contributed by atoms with Gasteiger partial charge in [0.1, 0.15) is 6.07 Å². The quantitative estimate of drug-likeness (QED) is 0.142. The topological polar surface area (TPSA) is 85.6 Å². The number of nitrogens with zero attached hydrogens (tertiary/aromatic N) is 6.